The number of anilines is 2. The number of pyridine rings is 1. The Morgan fingerprint density at radius 3 is 2.21 bits per heavy atom. The van der Waals surface area contributed by atoms with Crippen molar-refractivity contribution in [3.05, 3.63) is 87.7 Å². The van der Waals surface area contributed by atoms with Gasteiger partial charge in [-0.05, 0) is 53.9 Å². The van der Waals surface area contributed by atoms with Crippen molar-refractivity contribution < 1.29 is 47.3 Å². The molecule has 0 aliphatic heterocycles. The van der Waals surface area contributed by atoms with Crippen LogP contribution >= 0.6 is 0 Å². The van der Waals surface area contributed by atoms with Crippen LogP contribution in [0.1, 0.15) is 21.5 Å². The fraction of sp³-hybridized carbons (Fsp3) is 0.0833. The van der Waals surface area contributed by atoms with Crippen LogP contribution in [0.2, 0.25) is 0 Å². The van der Waals surface area contributed by atoms with Crippen LogP contribution in [0.5, 0.6) is 0 Å². The van der Waals surface area contributed by atoms with E-state index in [0.717, 1.165) is 0 Å². The van der Waals surface area contributed by atoms with Gasteiger partial charge in [-0.1, -0.05) is 24.3 Å². The van der Waals surface area contributed by atoms with Gasteiger partial charge >= 0.3 is 29.6 Å². The molecule has 0 atom stereocenters. The maximum Gasteiger partial charge on any atom is 1.00 e. The molecular formula is C24H17N2NaO5S. The molecule has 0 fully saturated rings. The van der Waals surface area contributed by atoms with E-state index in [4.69, 9.17) is 0 Å². The molecule has 0 radical (unpaired) electrons. The van der Waals surface area contributed by atoms with Gasteiger partial charge in [-0.2, -0.15) is 0 Å². The summed E-state index contributed by atoms with van der Waals surface area (Å²) >= 11 is 0. The van der Waals surface area contributed by atoms with Crippen LogP contribution in [-0.2, 0) is 17.2 Å². The normalized spacial score (nSPS) is 12.3. The number of carbonyl (C=O) groups is 1. The first-order valence-corrected chi connectivity index (χ1v) is 11.2. The minimum absolute atomic E-state index is 0. The first-order chi connectivity index (χ1) is 15.2. The van der Waals surface area contributed by atoms with Crippen LogP contribution in [0.4, 0.5) is 11.4 Å². The third-order valence-electron chi connectivity index (χ3n) is 5.86. The van der Waals surface area contributed by atoms with E-state index in [1.54, 1.807) is 44.3 Å². The number of carbonyl (C=O) groups excluding carboxylic acids is 1. The van der Waals surface area contributed by atoms with Gasteiger partial charge in [-0.3, -0.25) is 9.59 Å². The molecule has 0 bridgehead atoms. The molecule has 1 aromatic heterocycles. The number of aryl methyl sites for hydroxylation is 2. The molecule has 0 saturated carbocycles. The van der Waals surface area contributed by atoms with E-state index < -0.39 is 10.1 Å². The molecule has 0 spiro atoms. The number of rotatable bonds is 3. The molecular weight excluding hydrogens is 451 g/mol. The zero-order valence-corrected chi connectivity index (χ0v) is 21.0. The Morgan fingerprint density at radius 1 is 0.879 bits per heavy atom. The predicted octanol–water partition coefficient (Wildman–Crippen LogP) is 0.710. The molecule has 7 nitrogen and oxygen atoms in total. The quantitative estimate of drug-likeness (QED) is 0.309. The number of hydrogen-bond donors (Lipinski definition) is 1. The van der Waals surface area contributed by atoms with E-state index in [-0.39, 0.29) is 45.8 Å². The first kappa shape index (κ1) is 23.4. The van der Waals surface area contributed by atoms with Crippen molar-refractivity contribution in [2.75, 3.05) is 5.32 Å². The molecule has 9 heteroatoms. The summed E-state index contributed by atoms with van der Waals surface area (Å²) in [6.45, 7) is 1.68. The Balaban J connectivity index is 0.00000259. The molecule has 1 heterocycles. The van der Waals surface area contributed by atoms with Crippen LogP contribution in [0.15, 0.2) is 70.4 Å². The third-order valence-corrected chi connectivity index (χ3v) is 6.69. The summed E-state index contributed by atoms with van der Waals surface area (Å²) in [5, 5.41) is 3.89. The van der Waals surface area contributed by atoms with E-state index >= 15 is 0 Å². The number of nitrogens with zero attached hydrogens (tertiary/aromatic N) is 1. The summed E-state index contributed by atoms with van der Waals surface area (Å²) in [6.07, 6.45) is 0. The number of nitrogens with one attached hydrogen (secondary N) is 1. The molecule has 3 aromatic carbocycles. The van der Waals surface area contributed by atoms with Gasteiger partial charge in [0.2, 0.25) is 0 Å². The van der Waals surface area contributed by atoms with Crippen molar-refractivity contribution in [1.82, 2.24) is 4.57 Å². The maximum atomic E-state index is 13.5. The predicted molar refractivity (Wildman–Crippen MR) is 120 cm³/mol. The van der Waals surface area contributed by atoms with Gasteiger partial charge in [-0.15, -0.1) is 0 Å². The van der Waals surface area contributed by atoms with Crippen molar-refractivity contribution in [1.29, 1.82) is 0 Å². The van der Waals surface area contributed by atoms with Gasteiger partial charge in [-0.25, -0.2) is 8.42 Å². The topological polar surface area (TPSA) is 108 Å². The third kappa shape index (κ3) is 3.74. The summed E-state index contributed by atoms with van der Waals surface area (Å²) in [6, 6.07) is 16.2. The number of ketones is 1. The number of benzene rings is 3. The van der Waals surface area contributed by atoms with Crippen molar-refractivity contribution in [2.24, 2.45) is 7.05 Å². The molecule has 1 N–H and O–H groups in total. The number of fused-ring (bicyclic) bond motifs is 2. The SMILES string of the molecule is Cc1cc(S(=O)(=O)[O-])ccc1Nc1ccc2c3c(cc(=O)n2C)-c2ccccc2C(=O)c13.[Na+]. The Hall–Kier alpha value is -2.75. The smallest absolute Gasteiger partial charge is 0.744 e. The van der Waals surface area contributed by atoms with E-state index in [1.165, 1.54) is 22.8 Å². The number of aromatic nitrogens is 1. The fourth-order valence-corrected chi connectivity index (χ4v) is 4.79. The first-order valence-electron chi connectivity index (χ1n) is 9.81. The largest absolute Gasteiger partial charge is 1.00 e. The minimum Gasteiger partial charge on any atom is -0.744 e. The monoisotopic (exact) mass is 468 g/mol. The molecule has 33 heavy (non-hydrogen) atoms. The molecule has 4 aromatic rings. The summed E-state index contributed by atoms with van der Waals surface area (Å²) < 4.78 is 35.5. The maximum absolute atomic E-state index is 13.5. The van der Waals surface area contributed by atoms with Gasteiger partial charge in [0.15, 0.2) is 5.78 Å². The molecule has 160 valence electrons. The molecule has 0 unspecified atom stereocenters. The summed E-state index contributed by atoms with van der Waals surface area (Å²) in [5.41, 5.74) is 4.45. The summed E-state index contributed by atoms with van der Waals surface area (Å²) in [7, 11) is -2.91. The second-order valence-corrected chi connectivity index (χ2v) is 9.15. The van der Waals surface area contributed by atoms with E-state index in [1.807, 2.05) is 12.1 Å². The van der Waals surface area contributed by atoms with Gasteiger partial charge < -0.3 is 14.4 Å². The standard InChI is InChI=1S/C24H18N2O5S.Na/c1-13-11-14(32(29,30)31)7-8-18(13)25-19-9-10-20-22-17(12-21(27)26(20)2)15-5-3-4-6-16(15)24(28)23(19)22;/h3-12,25H,1-2H3,(H,29,30,31);/q;+1/p-1. The zero-order chi connectivity index (χ0) is 22.8. The summed E-state index contributed by atoms with van der Waals surface area (Å²) in [5.74, 6) is -0.170. The van der Waals surface area contributed by atoms with Gasteiger partial charge in [0.25, 0.3) is 5.56 Å². The van der Waals surface area contributed by atoms with Crippen LogP contribution < -0.4 is 40.4 Å². The Bertz CT molecular complexity index is 1640. The fourth-order valence-electron chi connectivity index (χ4n) is 4.24. The number of hydrogen-bond acceptors (Lipinski definition) is 6. The molecule has 0 saturated heterocycles. The van der Waals surface area contributed by atoms with Crippen LogP contribution in [-0.4, -0.2) is 23.3 Å². The van der Waals surface area contributed by atoms with Crippen molar-refractivity contribution in [3.63, 3.8) is 0 Å². The average Bonchev–Trinajstić information content (AvgIpc) is 2.75. The Labute approximate surface area is 212 Å². The van der Waals surface area contributed by atoms with E-state index in [9.17, 15) is 22.6 Å². The van der Waals surface area contributed by atoms with Crippen LogP contribution in [0, 0.1) is 6.92 Å². The zero-order valence-electron chi connectivity index (χ0n) is 18.2. The van der Waals surface area contributed by atoms with E-state index in [2.05, 4.69) is 5.32 Å². The van der Waals surface area contributed by atoms with Gasteiger partial charge in [0.1, 0.15) is 10.1 Å². The average molecular weight is 468 g/mol. The molecule has 5 rings (SSSR count). The Kier molecular flexibility index (Phi) is 5.84. The van der Waals surface area contributed by atoms with Crippen LogP contribution in [0.25, 0.3) is 22.0 Å². The van der Waals surface area contributed by atoms with E-state index in [0.29, 0.717) is 50.1 Å². The molecule has 1 aliphatic carbocycles. The molecule has 0 amide bonds. The Morgan fingerprint density at radius 2 is 1.55 bits per heavy atom. The second-order valence-electron chi connectivity index (χ2n) is 7.77. The van der Waals surface area contributed by atoms with Crippen molar-refractivity contribution >= 4 is 38.2 Å². The summed E-state index contributed by atoms with van der Waals surface area (Å²) in [4.78, 5) is 25.8. The van der Waals surface area contributed by atoms with Crippen molar-refractivity contribution in [3.8, 4) is 11.1 Å². The van der Waals surface area contributed by atoms with Crippen molar-refractivity contribution in [2.45, 2.75) is 11.8 Å². The minimum atomic E-state index is -4.57. The second kappa shape index (κ2) is 8.23. The van der Waals surface area contributed by atoms with Crippen LogP contribution in [0.3, 0.4) is 0 Å². The van der Waals surface area contributed by atoms with Gasteiger partial charge in [0, 0.05) is 29.8 Å². The van der Waals surface area contributed by atoms with Gasteiger partial charge in [0.05, 0.1) is 21.7 Å². The molecule has 1 aliphatic rings.